The zero-order chi connectivity index (χ0) is 22.6. The van der Waals surface area contributed by atoms with Crippen molar-refractivity contribution in [3.63, 3.8) is 0 Å². The van der Waals surface area contributed by atoms with Gasteiger partial charge in [0, 0.05) is 16.7 Å². The Kier molecular flexibility index (Phi) is 6.27. The predicted octanol–water partition coefficient (Wildman–Crippen LogP) is 7.08. The number of rotatable bonds is 5. The summed E-state index contributed by atoms with van der Waals surface area (Å²) in [5.41, 5.74) is 4.99. The highest BCUT2D eigenvalue weighted by Gasteiger charge is 2.10. The van der Waals surface area contributed by atoms with E-state index in [-0.39, 0.29) is 11.3 Å². The van der Waals surface area contributed by atoms with E-state index in [1.807, 2.05) is 54.6 Å². The van der Waals surface area contributed by atoms with E-state index in [4.69, 9.17) is 4.42 Å². The molecule has 1 aromatic heterocycles. The highest BCUT2D eigenvalue weighted by Crippen LogP contribution is 2.27. The molecule has 0 aliphatic heterocycles. The molecule has 1 amide bonds. The van der Waals surface area contributed by atoms with Crippen LogP contribution in [0.4, 0.5) is 0 Å². The van der Waals surface area contributed by atoms with Crippen molar-refractivity contribution in [1.29, 1.82) is 0 Å². The average molecular weight is 424 g/mol. The number of carbonyl (C=O) groups is 1. The van der Waals surface area contributed by atoms with Gasteiger partial charge in [-0.3, -0.25) is 4.79 Å². The maximum Gasteiger partial charge on any atom is 0.228 e. The summed E-state index contributed by atoms with van der Waals surface area (Å²) in [6.45, 7) is 6.52. The van der Waals surface area contributed by atoms with Crippen LogP contribution in [-0.2, 0) is 11.2 Å². The fourth-order valence-electron chi connectivity index (χ4n) is 3.51. The molecule has 0 saturated carbocycles. The summed E-state index contributed by atoms with van der Waals surface area (Å²) < 4.78 is 5.97. The van der Waals surface area contributed by atoms with E-state index in [1.54, 1.807) is 0 Å². The summed E-state index contributed by atoms with van der Waals surface area (Å²) in [4.78, 5) is 12.6. The van der Waals surface area contributed by atoms with Gasteiger partial charge >= 0.3 is 0 Å². The predicted molar refractivity (Wildman–Crippen MR) is 133 cm³/mol. The Balaban J connectivity index is 1.35. The maximum absolute atomic E-state index is 12.6. The van der Waals surface area contributed by atoms with Crippen molar-refractivity contribution in [1.82, 2.24) is 5.32 Å². The Morgan fingerprint density at radius 3 is 2.56 bits per heavy atom. The third-order valence-corrected chi connectivity index (χ3v) is 5.23. The van der Waals surface area contributed by atoms with Gasteiger partial charge in [-0.25, -0.2) is 0 Å². The van der Waals surface area contributed by atoms with Crippen molar-refractivity contribution in [3.8, 4) is 0 Å². The molecule has 1 heterocycles. The topological polar surface area (TPSA) is 42.2 Å². The van der Waals surface area contributed by atoms with E-state index < -0.39 is 0 Å². The van der Waals surface area contributed by atoms with Gasteiger partial charge in [0.15, 0.2) is 0 Å². The lowest BCUT2D eigenvalue weighted by atomic mass is 9.95. The number of fused-ring (bicyclic) bond motifs is 1. The molecular weight excluding hydrogens is 394 g/mol. The fraction of sp³-hybridized carbons (Fsp3) is 0.207. The number of nitrogens with one attached hydrogen (secondary N) is 1. The largest absolute Gasteiger partial charge is 0.456 e. The Bertz CT molecular complexity index is 1200. The fourth-order valence-corrected chi connectivity index (χ4v) is 3.51. The van der Waals surface area contributed by atoms with Gasteiger partial charge in [-0.2, -0.15) is 0 Å². The van der Waals surface area contributed by atoms with Crippen molar-refractivity contribution in [3.05, 3.63) is 108 Å². The molecule has 0 spiro atoms. The van der Waals surface area contributed by atoms with Gasteiger partial charge in [0.2, 0.25) is 5.91 Å². The quantitative estimate of drug-likeness (QED) is 0.476. The van der Waals surface area contributed by atoms with Crippen molar-refractivity contribution in [2.24, 2.45) is 5.41 Å². The Labute approximate surface area is 189 Å². The van der Waals surface area contributed by atoms with E-state index in [2.05, 4.69) is 62.5 Å². The minimum absolute atomic E-state index is 0.0222. The number of hydrogen-bond donors (Lipinski definition) is 1. The molecule has 4 rings (SSSR count). The van der Waals surface area contributed by atoms with Crippen molar-refractivity contribution in [2.75, 3.05) is 0 Å². The minimum Gasteiger partial charge on any atom is -0.456 e. The van der Waals surface area contributed by atoms with Gasteiger partial charge in [-0.15, -0.1) is 0 Å². The molecular formula is C29H29NO2. The van der Waals surface area contributed by atoms with Crippen LogP contribution in [0.1, 0.15) is 44.1 Å². The molecule has 1 N–H and O–H groups in total. The molecule has 0 saturated heterocycles. The van der Waals surface area contributed by atoms with Crippen LogP contribution >= 0.6 is 0 Å². The van der Waals surface area contributed by atoms with Crippen LogP contribution in [-0.4, -0.2) is 5.91 Å². The van der Waals surface area contributed by atoms with Gasteiger partial charge in [0.25, 0.3) is 0 Å². The lowest BCUT2D eigenvalue weighted by Crippen LogP contribution is -2.23. The lowest BCUT2D eigenvalue weighted by Gasteiger charge is -2.11. The number of carbonyl (C=O) groups excluding carboxylic acids is 1. The highest BCUT2D eigenvalue weighted by molar-refractivity contribution is 5.85. The van der Waals surface area contributed by atoms with Gasteiger partial charge in [-0.05, 0) is 47.2 Å². The third-order valence-electron chi connectivity index (χ3n) is 5.23. The number of amides is 1. The average Bonchev–Trinajstić information content (AvgIpc) is 3.05. The highest BCUT2D eigenvalue weighted by atomic mass is 16.3. The molecule has 1 aliphatic carbocycles. The third kappa shape index (κ3) is 5.76. The summed E-state index contributed by atoms with van der Waals surface area (Å²) >= 11 is 0. The zero-order valence-electron chi connectivity index (χ0n) is 18.9. The summed E-state index contributed by atoms with van der Waals surface area (Å²) in [6.07, 6.45) is 13.4. The van der Waals surface area contributed by atoms with Gasteiger partial charge in [0.1, 0.15) is 11.3 Å². The van der Waals surface area contributed by atoms with Crippen LogP contribution in [0.2, 0.25) is 0 Å². The SMILES string of the molecule is CC(C)(C)/C=C/c1ccc(CC(=O)NC2=CCC=C(c3cc4ccccc4o3)C=C2)cc1. The summed E-state index contributed by atoms with van der Waals surface area (Å²) in [7, 11) is 0. The van der Waals surface area contributed by atoms with Crippen LogP contribution in [0.15, 0.2) is 95.1 Å². The van der Waals surface area contributed by atoms with Crippen LogP contribution in [0, 0.1) is 5.41 Å². The summed E-state index contributed by atoms with van der Waals surface area (Å²) in [5, 5.41) is 4.11. The molecule has 3 heteroatoms. The second kappa shape index (κ2) is 9.27. The molecule has 32 heavy (non-hydrogen) atoms. The first-order valence-corrected chi connectivity index (χ1v) is 11.0. The van der Waals surface area contributed by atoms with Crippen LogP contribution in [0.5, 0.6) is 0 Å². The number of furan rings is 1. The van der Waals surface area contributed by atoms with E-state index in [9.17, 15) is 4.79 Å². The second-order valence-corrected chi connectivity index (χ2v) is 9.20. The van der Waals surface area contributed by atoms with E-state index in [0.717, 1.165) is 45.5 Å². The molecule has 0 radical (unpaired) electrons. The molecule has 0 atom stereocenters. The van der Waals surface area contributed by atoms with Crippen LogP contribution < -0.4 is 5.32 Å². The molecule has 2 aromatic carbocycles. The monoisotopic (exact) mass is 423 g/mol. The first-order valence-electron chi connectivity index (χ1n) is 11.0. The Hall–Kier alpha value is -3.59. The van der Waals surface area contributed by atoms with E-state index in [1.165, 1.54) is 0 Å². The van der Waals surface area contributed by atoms with Gasteiger partial charge < -0.3 is 9.73 Å². The Morgan fingerprint density at radius 1 is 1.03 bits per heavy atom. The van der Waals surface area contributed by atoms with Crippen molar-refractivity contribution < 1.29 is 9.21 Å². The number of para-hydroxylation sites is 1. The lowest BCUT2D eigenvalue weighted by molar-refractivity contribution is -0.119. The normalized spacial score (nSPS) is 14.3. The zero-order valence-corrected chi connectivity index (χ0v) is 18.9. The first-order chi connectivity index (χ1) is 15.4. The molecule has 0 fully saturated rings. The van der Waals surface area contributed by atoms with Gasteiger partial charge in [-0.1, -0.05) is 87.5 Å². The molecule has 1 aliphatic rings. The second-order valence-electron chi connectivity index (χ2n) is 9.20. The number of benzene rings is 2. The van der Waals surface area contributed by atoms with Crippen molar-refractivity contribution in [2.45, 2.75) is 33.6 Å². The van der Waals surface area contributed by atoms with Crippen LogP contribution in [0.3, 0.4) is 0 Å². The molecule has 162 valence electrons. The van der Waals surface area contributed by atoms with E-state index in [0.29, 0.717) is 6.42 Å². The van der Waals surface area contributed by atoms with E-state index >= 15 is 0 Å². The summed E-state index contributed by atoms with van der Waals surface area (Å²) in [6, 6.07) is 18.2. The first kappa shape index (κ1) is 21.6. The molecule has 0 unspecified atom stereocenters. The van der Waals surface area contributed by atoms with Gasteiger partial charge in [0.05, 0.1) is 6.42 Å². The number of hydrogen-bond acceptors (Lipinski definition) is 2. The maximum atomic E-state index is 12.6. The summed E-state index contributed by atoms with van der Waals surface area (Å²) in [5.74, 6) is 0.815. The standard InChI is InChI=1S/C29H29NO2/c1-29(2,3)18-17-21-11-13-22(14-12-21)19-28(31)30-25-9-6-8-23(15-16-25)27-20-24-7-4-5-10-26(24)32-27/h4-5,7-18,20H,6,19H2,1-3H3,(H,30,31)/b18-17+. The van der Waals surface area contributed by atoms with Crippen molar-refractivity contribution >= 4 is 28.5 Å². The number of allylic oxidation sites excluding steroid dienone is 6. The molecule has 3 nitrogen and oxygen atoms in total. The smallest absolute Gasteiger partial charge is 0.228 e. The molecule has 3 aromatic rings. The Morgan fingerprint density at radius 2 is 1.81 bits per heavy atom. The molecule has 0 bridgehead atoms. The van der Waals surface area contributed by atoms with Crippen LogP contribution in [0.25, 0.3) is 22.6 Å². The minimum atomic E-state index is -0.0222.